The molecule has 2 unspecified atom stereocenters. The first-order valence-electron chi connectivity index (χ1n) is 8.79. The Morgan fingerprint density at radius 3 is 2.79 bits per heavy atom. The highest BCUT2D eigenvalue weighted by atomic mass is 16.5. The van der Waals surface area contributed by atoms with E-state index in [2.05, 4.69) is 19.9 Å². The van der Waals surface area contributed by atoms with Gasteiger partial charge in [0.1, 0.15) is 0 Å². The molecule has 2 aliphatic heterocycles. The molecule has 2 aromatic heterocycles. The lowest BCUT2D eigenvalue weighted by Gasteiger charge is -2.30. The molecule has 7 heteroatoms. The SMILES string of the molecule is OCC1CCCN1CC1CCCN1Cc1nc(-c2ccco2)no1. The number of aliphatic hydroxyl groups excluding tert-OH is 1. The first-order valence-corrected chi connectivity index (χ1v) is 8.79. The van der Waals surface area contributed by atoms with Crippen molar-refractivity contribution in [2.24, 2.45) is 0 Å². The maximum atomic E-state index is 9.51. The van der Waals surface area contributed by atoms with Gasteiger partial charge < -0.3 is 14.0 Å². The summed E-state index contributed by atoms with van der Waals surface area (Å²) >= 11 is 0. The van der Waals surface area contributed by atoms with Gasteiger partial charge in [0.15, 0.2) is 5.76 Å². The monoisotopic (exact) mass is 332 g/mol. The summed E-state index contributed by atoms with van der Waals surface area (Å²) in [7, 11) is 0. The van der Waals surface area contributed by atoms with E-state index >= 15 is 0 Å². The second kappa shape index (κ2) is 7.04. The van der Waals surface area contributed by atoms with Crippen molar-refractivity contribution >= 4 is 0 Å². The average Bonchev–Trinajstić information content (AvgIpc) is 3.36. The van der Waals surface area contributed by atoms with Crippen LogP contribution in [0.15, 0.2) is 27.3 Å². The van der Waals surface area contributed by atoms with Gasteiger partial charge in [-0.1, -0.05) is 5.16 Å². The van der Waals surface area contributed by atoms with Crippen molar-refractivity contribution in [3.8, 4) is 11.6 Å². The van der Waals surface area contributed by atoms with E-state index in [0.717, 1.165) is 26.1 Å². The maximum absolute atomic E-state index is 9.51. The highest BCUT2D eigenvalue weighted by Crippen LogP contribution is 2.25. The van der Waals surface area contributed by atoms with Gasteiger partial charge in [-0.2, -0.15) is 4.98 Å². The van der Waals surface area contributed by atoms with Crippen LogP contribution < -0.4 is 0 Å². The quantitative estimate of drug-likeness (QED) is 0.863. The molecular formula is C17H24N4O3. The molecule has 1 N–H and O–H groups in total. The molecular weight excluding hydrogens is 308 g/mol. The smallest absolute Gasteiger partial charge is 0.241 e. The maximum Gasteiger partial charge on any atom is 0.241 e. The minimum atomic E-state index is 0.267. The van der Waals surface area contributed by atoms with Crippen LogP contribution in [0.2, 0.25) is 0 Å². The number of aliphatic hydroxyl groups is 1. The Morgan fingerprint density at radius 2 is 2.00 bits per heavy atom. The zero-order valence-electron chi connectivity index (χ0n) is 13.8. The van der Waals surface area contributed by atoms with Gasteiger partial charge in [0.25, 0.3) is 0 Å². The molecule has 130 valence electrons. The molecule has 2 aliphatic rings. The molecule has 2 fully saturated rings. The number of nitrogens with zero attached hydrogens (tertiary/aromatic N) is 4. The Bertz CT molecular complexity index is 642. The molecule has 0 spiro atoms. The van der Waals surface area contributed by atoms with Crippen LogP contribution in [-0.2, 0) is 6.54 Å². The first kappa shape index (κ1) is 15.8. The molecule has 4 heterocycles. The lowest BCUT2D eigenvalue weighted by molar-refractivity contribution is 0.115. The van der Waals surface area contributed by atoms with Gasteiger partial charge in [-0.3, -0.25) is 9.80 Å². The van der Waals surface area contributed by atoms with E-state index in [0.29, 0.717) is 36.1 Å². The zero-order valence-corrected chi connectivity index (χ0v) is 13.8. The van der Waals surface area contributed by atoms with Crippen LogP contribution in [0.5, 0.6) is 0 Å². The van der Waals surface area contributed by atoms with Crippen molar-refractivity contribution in [1.82, 2.24) is 19.9 Å². The van der Waals surface area contributed by atoms with E-state index in [9.17, 15) is 5.11 Å². The van der Waals surface area contributed by atoms with Crippen LogP contribution in [0.1, 0.15) is 31.6 Å². The van der Waals surface area contributed by atoms with E-state index in [4.69, 9.17) is 8.94 Å². The minimum Gasteiger partial charge on any atom is -0.461 e. The second-order valence-corrected chi connectivity index (χ2v) is 6.73. The molecule has 0 radical (unpaired) electrons. The van der Waals surface area contributed by atoms with E-state index in [1.165, 1.54) is 19.3 Å². The Hall–Kier alpha value is -1.70. The van der Waals surface area contributed by atoms with Crippen LogP contribution in [0, 0.1) is 0 Å². The van der Waals surface area contributed by atoms with Crippen molar-refractivity contribution < 1.29 is 14.0 Å². The van der Waals surface area contributed by atoms with Gasteiger partial charge in [-0.25, -0.2) is 0 Å². The highest BCUT2D eigenvalue weighted by molar-refractivity contribution is 5.44. The third-order valence-corrected chi connectivity index (χ3v) is 5.20. The molecule has 0 bridgehead atoms. The third-order valence-electron chi connectivity index (χ3n) is 5.20. The Kier molecular flexibility index (Phi) is 4.64. The molecule has 0 amide bonds. The molecule has 2 aromatic rings. The molecule has 0 aromatic carbocycles. The van der Waals surface area contributed by atoms with Crippen LogP contribution in [0.25, 0.3) is 11.6 Å². The lowest BCUT2D eigenvalue weighted by Crippen LogP contribution is -2.43. The van der Waals surface area contributed by atoms with Crippen molar-refractivity contribution in [2.75, 3.05) is 26.2 Å². The normalized spacial score (nSPS) is 25.7. The van der Waals surface area contributed by atoms with Gasteiger partial charge in [0.05, 0.1) is 19.4 Å². The molecule has 2 saturated heterocycles. The van der Waals surface area contributed by atoms with Gasteiger partial charge in [0.2, 0.25) is 11.7 Å². The molecule has 4 rings (SSSR count). The van der Waals surface area contributed by atoms with Crippen molar-refractivity contribution in [1.29, 1.82) is 0 Å². The molecule has 0 aliphatic carbocycles. The number of hydrogen-bond acceptors (Lipinski definition) is 7. The molecule has 0 saturated carbocycles. The van der Waals surface area contributed by atoms with E-state index < -0.39 is 0 Å². The summed E-state index contributed by atoms with van der Waals surface area (Å²) in [5.41, 5.74) is 0. The summed E-state index contributed by atoms with van der Waals surface area (Å²) in [5.74, 6) is 1.77. The average molecular weight is 332 g/mol. The third kappa shape index (κ3) is 3.24. The standard InChI is InChI=1S/C17H24N4O3/c22-12-14-5-2-7-20(14)10-13-4-1-8-21(13)11-16-18-17(19-24-16)15-6-3-9-23-15/h3,6,9,13-14,22H,1-2,4-5,7-8,10-12H2. The summed E-state index contributed by atoms with van der Waals surface area (Å²) < 4.78 is 10.7. The van der Waals surface area contributed by atoms with Crippen molar-refractivity contribution in [3.05, 3.63) is 24.3 Å². The van der Waals surface area contributed by atoms with E-state index in [-0.39, 0.29) is 6.61 Å². The summed E-state index contributed by atoms with van der Waals surface area (Å²) in [5, 5.41) is 13.5. The molecule has 7 nitrogen and oxygen atoms in total. The van der Waals surface area contributed by atoms with Crippen molar-refractivity contribution in [3.63, 3.8) is 0 Å². The summed E-state index contributed by atoms with van der Waals surface area (Å²) in [6.45, 7) is 4.11. The number of rotatable bonds is 6. The van der Waals surface area contributed by atoms with Crippen LogP contribution in [0.4, 0.5) is 0 Å². The van der Waals surface area contributed by atoms with E-state index in [1.54, 1.807) is 6.26 Å². The topological polar surface area (TPSA) is 78.8 Å². The Labute approximate surface area is 141 Å². The highest BCUT2D eigenvalue weighted by Gasteiger charge is 2.32. The largest absolute Gasteiger partial charge is 0.461 e. The van der Waals surface area contributed by atoms with Gasteiger partial charge >= 0.3 is 0 Å². The van der Waals surface area contributed by atoms with Crippen LogP contribution >= 0.6 is 0 Å². The fourth-order valence-corrected chi connectivity index (χ4v) is 3.92. The van der Waals surface area contributed by atoms with Crippen LogP contribution in [0.3, 0.4) is 0 Å². The van der Waals surface area contributed by atoms with Crippen LogP contribution in [-0.4, -0.2) is 63.4 Å². The Balaban J connectivity index is 1.38. The first-order chi connectivity index (χ1) is 11.8. The predicted octanol–water partition coefficient (Wildman–Crippen LogP) is 1.75. The molecule has 24 heavy (non-hydrogen) atoms. The van der Waals surface area contributed by atoms with Crippen molar-refractivity contribution in [2.45, 2.75) is 44.3 Å². The van der Waals surface area contributed by atoms with Gasteiger partial charge in [0, 0.05) is 18.6 Å². The fraction of sp³-hybridized carbons (Fsp3) is 0.647. The number of furan rings is 1. The minimum absolute atomic E-state index is 0.267. The number of likely N-dealkylation sites (tertiary alicyclic amines) is 2. The fourth-order valence-electron chi connectivity index (χ4n) is 3.92. The van der Waals surface area contributed by atoms with Gasteiger partial charge in [-0.15, -0.1) is 0 Å². The number of aromatic nitrogens is 2. The second-order valence-electron chi connectivity index (χ2n) is 6.73. The summed E-state index contributed by atoms with van der Waals surface area (Å²) in [6, 6.07) is 4.48. The Morgan fingerprint density at radius 1 is 1.17 bits per heavy atom. The predicted molar refractivity (Wildman–Crippen MR) is 87.1 cm³/mol. The zero-order chi connectivity index (χ0) is 16.4. The summed E-state index contributed by atoms with van der Waals surface area (Å²) in [6.07, 6.45) is 6.29. The number of hydrogen-bond donors (Lipinski definition) is 1. The lowest BCUT2D eigenvalue weighted by atomic mass is 10.2. The van der Waals surface area contributed by atoms with Gasteiger partial charge in [-0.05, 0) is 50.9 Å². The van der Waals surface area contributed by atoms with E-state index in [1.807, 2.05) is 12.1 Å². The summed E-state index contributed by atoms with van der Waals surface area (Å²) in [4.78, 5) is 9.31. The molecule has 2 atom stereocenters.